The molecule has 5 heteroatoms. The highest BCUT2D eigenvalue weighted by Crippen LogP contribution is 2.24. The van der Waals surface area contributed by atoms with Crippen molar-refractivity contribution in [1.29, 1.82) is 0 Å². The van der Waals surface area contributed by atoms with Gasteiger partial charge in [-0.15, -0.1) is 0 Å². The summed E-state index contributed by atoms with van der Waals surface area (Å²) >= 11 is 0. The third kappa shape index (κ3) is 5.47. The molecular weight excluding hydrogens is 362 g/mol. The van der Waals surface area contributed by atoms with E-state index in [0.29, 0.717) is 5.75 Å². The molecule has 5 nitrogen and oxygen atoms in total. The minimum Gasteiger partial charge on any atom is -0.481 e. The van der Waals surface area contributed by atoms with Crippen LogP contribution in [0.3, 0.4) is 0 Å². The Morgan fingerprint density at radius 3 is 2.31 bits per heavy atom. The van der Waals surface area contributed by atoms with Gasteiger partial charge in [-0.1, -0.05) is 45.0 Å². The van der Waals surface area contributed by atoms with Gasteiger partial charge in [0.2, 0.25) is 0 Å². The number of amides is 1. The fourth-order valence-electron chi connectivity index (χ4n) is 3.00. The molecule has 0 aliphatic heterocycles. The van der Waals surface area contributed by atoms with Crippen LogP contribution >= 0.6 is 0 Å². The number of imidazole rings is 1. The average Bonchev–Trinajstić information content (AvgIpc) is 3.07. The van der Waals surface area contributed by atoms with Gasteiger partial charge in [-0.25, -0.2) is 4.98 Å². The number of anilines is 1. The highest BCUT2D eigenvalue weighted by atomic mass is 16.5. The topological polar surface area (TPSA) is 56.2 Å². The first-order chi connectivity index (χ1) is 13.7. The van der Waals surface area contributed by atoms with Gasteiger partial charge in [-0.3, -0.25) is 4.79 Å². The van der Waals surface area contributed by atoms with E-state index in [-0.39, 0.29) is 11.3 Å². The molecule has 1 aromatic heterocycles. The van der Waals surface area contributed by atoms with Crippen LogP contribution in [0.4, 0.5) is 5.69 Å². The molecule has 29 heavy (non-hydrogen) atoms. The smallest absolute Gasteiger partial charge is 0.265 e. The van der Waals surface area contributed by atoms with Crippen molar-refractivity contribution in [2.45, 2.75) is 52.7 Å². The van der Waals surface area contributed by atoms with E-state index in [1.54, 1.807) is 13.1 Å². The molecule has 1 N–H and O–H groups in total. The Balaban J connectivity index is 1.56. The van der Waals surface area contributed by atoms with Gasteiger partial charge >= 0.3 is 0 Å². The van der Waals surface area contributed by atoms with E-state index in [4.69, 9.17) is 4.74 Å². The zero-order valence-electron chi connectivity index (χ0n) is 17.8. The lowest BCUT2D eigenvalue weighted by Crippen LogP contribution is -2.30. The second-order valence-corrected chi connectivity index (χ2v) is 8.32. The van der Waals surface area contributed by atoms with Gasteiger partial charge in [-0.05, 0) is 54.7 Å². The van der Waals surface area contributed by atoms with Gasteiger partial charge in [0.05, 0.1) is 0 Å². The summed E-state index contributed by atoms with van der Waals surface area (Å²) in [6, 6.07) is 15.7. The van der Waals surface area contributed by atoms with Crippen LogP contribution in [0.25, 0.3) is 0 Å². The van der Waals surface area contributed by atoms with Crippen LogP contribution in [0.15, 0.2) is 60.9 Å². The second kappa shape index (κ2) is 8.52. The number of hydrogen-bond donors (Lipinski definition) is 1. The van der Waals surface area contributed by atoms with Crippen molar-refractivity contribution >= 4 is 11.6 Å². The largest absolute Gasteiger partial charge is 0.481 e. The van der Waals surface area contributed by atoms with E-state index in [9.17, 15) is 4.79 Å². The van der Waals surface area contributed by atoms with E-state index in [1.807, 2.05) is 61.7 Å². The van der Waals surface area contributed by atoms with Crippen LogP contribution < -0.4 is 10.1 Å². The van der Waals surface area contributed by atoms with E-state index in [0.717, 1.165) is 23.6 Å². The number of rotatable bonds is 6. The molecule has 1 amide bonds. The number of benzene rings is 2. The molecule has 0 aliphatic carbocycles. The normalized spacial score (nSPS) is 12.4. The maximum absolute atomic E-state index is 12.5. The van der Waals surface area contributed by atoms with Crippen LogP contribution in [0.2, 0.25) is 0 Å². The van der Waals surface area contributed by atoms with Crippen molar-refractivity contribution in [3.63, 3.8) is 0 Å². The van der Waals surface area contributed by atoms with Crippen molar-refractivity contribution in [2.75, 3.05) is 5.32 Å². The standard InChI is InChI=1S/C24H29N3O2/c1-17(29-22-12-8-20(9-13-22)24(3,4)5)23(28)26-21-10-6-19(7-11-21)16-27-15-14-25-18(27)2/h6-15,17H,16H2,1-5H3,(H,26,28). The van der Waals surface area contributed by atoms with Gasteiger partial charge in [0.15, 0.2) is 6.10 Å². The van der Waals surface area contributed by atoms with E-state index in [2.05, 4.69) is 35.6 Å². The van der Waals surface area contributed by atoms with Crippen molar-refractivity contribution in [1.82, 2.24) is 9.55 Å². The molecule has 0 saturated carbocycles. The maximum Gasteiger partial charge on any atom is 0.265 e. The molecule has 2 aromatic carbocycles. The SMILES string of the molecule is Cc1nccn1Cc1ccc(NC(=O)C(C)Oc2ccc(C(C)(C)C)cc2)cc1. The number of aromatic nitrogens is 2. The molecule has 0 bridgehead atoms. The van der Waals surface area contributed by atoms with E-state index < -0.39 is 6.10 Å². The summed E-state index contributed by atoms with van der Waals surface area (Å²) in [7, 11) is 0. The quantitative estimate of drug-likeness (QED) is 0.647. The molecule has 3 aromatic rings. The first kappa shape index (κ1) is 20.6. The van der Waals surface area contributed by atoms with Crippen LogP contribution in [0.5, 0.6) is 5.75 Å². The number of carbonyl (C=O) groups excluding carboxylic acids is 1. The van der Waals surface area contributed by atoms with Gasteiger partial charge in [-0.2, -0.15) is 0 Å². The first-order valence-corrected chi connectivity index (χ1v) is 9.87. The summed E-state index contributed by atoms with van der Waals surface area (Å²) in [5.41, 5.74) is 3.21. The minimum atomic E-state index is -0.594. The maximum atomic E-state index is 12.5. The van der Waals surface area contributed by atoms with Gasteiger partial charge in [0, 0.05) is 24.6 Å². The van der Waals surface area contributed by atoms with Crippen LogP contribution in [-0.2, 0) is 16.8 Å². The third-order valence-corrected chi connectivity index (χ3v) is 4.90. The molecule has 152 valence electrons. The Bertz CT molecular complexity index is 951. The predicted molar refractivity (Wildman–Crippen MR) is 116 cm³/mol. The van der Waals surface area contributed by atoms with Crippen LogP contribution in [0.1, 0.15) is 44.6 Å². The number of nitrogens with one attached hydrogen (secondary N) is 1. The Morgan fingerprint density at radius 2 is 1.76 bits per heavy atom. The summed E-state index contributed by atoms with van der Waals surface area (Å²) in [6.45, 7) is 11.0. The molecule has 1 atom stereocenters. The van der Waals surface area contributed by atoms with Crippen LogP contribution in [0, 0.1) is 6.92 Å². The third-order valence-electron chi connectivity index (χ3n) is 4.90. The molecule has 0 fully saturated rings. The summed E-state index contributed by atoms with van der Waals surface area (Å²) in [5, 5.41) is 2.91. The fourth-order valence-corrected chi connectivity index (χ4v) is 3.00. The highest BCUT2D eigenvalue weighted by Gasteiger charge is 2.17. The molecule has 0 saturated heterocycles. The number of nitrogens with zero attached hydrogens (tertiary/aromatic N) is 2. The second-order valence-electron chi connectivity index (χ2n) is 8.32. The lowest BCUT2D eigenvalue weighted by molar-refractivity contribution is -0.122. The van der Waals surface area contributed by atoms with Crippen LogP contribution in [-0.4, -0.2) is 21.6 Å². The molecule has 3 rings (SSSR count). The predicted octanol–water partition coefficient (Wildman–Crippen LogP) is 4.94. The van der Waals surface area contributed by atoms with Gasteiger partial charge in [0.25, 0.3) is 5.91 Å². The van der Waals surface area contributed by atoms with E-state index in [1.165, 1.54) is 5.56 Å². The highest BCUT2D eigenvalue weighted by molar-refractivity contribution is 5.94. The number of carbonyl (C=O) groups is 1. The zero-order valence-corrected chi connectivity index (χ0v) is 17.8. The average molecular weight is 392 g/mol. The minimum absolute atomic E-state index is 0.0875. The number of aryl methyl sites for hydroxylation is 1. The van der Waals surface area contributed by atoms with Crippen molar-refractivity contribution < 1.29 is 9.53 Å². The van der Waals surface area contributed by atoms with Crippen molar-refractivity contribution in [3.05, 3.63) is 77.9 Å². The Labute approximate surface area is 172 Å². The lowest BCUT2D eigenvalue weighted by Gasteiger charge is -2.20. The molecule has 1 heterocycles. The summed E-state index contributed by atoms with van der Waals surface area (Å²) in [5.74, 6) is 1.48. The molecule has 1 unspecified atom stereocenters. The summed E-state index contributed by atoms with van der Waals surface area (Å²) < 4.78 is 7.88. The molecule has 0 spiro atoms. The van der Waals surface area contributed by atoms with Gasteiger partial charge in [0.1, 0.15) is 11.6 Å². The zero-order chi connectivity index (χ0) is 21.0. The Kier molecular flexibility index (Phi) is 6.06. The van der Waals surface area contributed by atoms with Crippen molar-refractivity contribution in [2.24, 2.45) is 0 Å². The van der Waals surface area contributed by atoms with E-state index >= 15 is 0 Å². The summed E-state index contributed by atoms with van der Waals surface area (Å²) in [6.07, 6.45) is 3.16. The Hall–Kier alpha value is -3.08. The molecule has 0 radical (unpaired) electrons. The lowest BCUT2D eigenvalue weighted by atomic mass is 9.87. The van der Waals surface area contributed by atoms with Crippen molar-refractivity contribution in [3.8, 4) is 5.75 Å². The summed E-state index contributed by atoms with van der Waals surface area (Å²) in [4.78, 5) is 16.7. The molecular formula is C24H29N3O2. The number of hydrogen-bond acceptors (Lipinski definition) is 3. The molecule has 0 aliphatic rings. The Morgan fingerprint density at radius 1 is 1.10 bits per heavy atom. The monoisotopic (exact) mass is 391 g/mol. The fraction of sp³-hybridized carbons (Fsp3) is 0.333. The van der Waals surface area contributed by atoms with Gasteiger partial charge < -0.3 is 14.6 Å². The first-order valence-electron chi connectivity index (χ1n) is 9.87. The number of ether oxygens (including phenoxy) is 1.